The van der Waals surface area contributed by atoms with Crippen LogP contribution in [0.4, 0.5) is 24.8 Å². The van der Waals surface area contributed by atoms with E-state index in [1.807, 2.05) is 6.07 Å². The van der Waals surface area contributed by atoms with Crippen molar-refractivity contribution in [2.45, 2.75) is 6.18 Å². The SMILES string of the molecule is N#Cc1cccc(Nc2ncc(C(F)(F)F)c(Oc3ccccc3)n2)c1. The van der Waals surface area contributed by atoms with E-state index >= 15 is 0 Å². The Kier molecular flexibility index (Phi) is 4.71. The smallest absolute Gasteiger partial charge is 0.423 e. The fourth-order valence-corrected chi connectivity index (χ4v) is 2.09. The van der Waals surface area contributed by atoms with E-state index in [-0.39, 0.29) is 11.7 Å². The highest BCUT2D eigenvalue weighted by Crippen LogP contribution is 2.37. The highest BCUT2D eigenvalue weighted by atomic mass is 19.4. The number of ether oxygens (including phenoxy) is 1. The lowest BCUT2D eigenvalue weighted by atomic mass is 10.2. The average Bonchev–Trinajstić information content (AvgIpc) is 2.62. The zero-order valence-corrected chi connectivity index (χ0v) is 13.2. The summed E-state index contributed by atoms with van der Waals surface area (Å²) in [5, 5.41) is 11.7. The Morgan fingerprint density at radius 3 is 2.50 bits per heavy atom. The number of anilines is 2. The van der Waals surface area contributed by atoms with Crippen molar-refractivity contribution in [1.29, 1.82) is 5.26 Å². The van der Waals surface area contributed by atoms with Crippen LogP contribution in [0.25, 0.3) is 0 Å². The standard InChI is InChI=1S/C18H11F3N4O/c19-18(20,21)15-11-23-17(24-13-6-4-5-12(9-13)10-22)25-16(15)26-14-7-2-1-3-8-14/h1-9,11H,(H,23,24,25). The van der Waals surface area contributed by atoms with Gasteiger partial charge in [0.25, 0.3) is 0 Å². The third-order valence-corrected chi connectivity index (χ3v) is 3.26. The fourth-order valence-electron chi connectivity index (χ4n) is 2.09. The molecule has 5 nitrogen and oxygen atoms in total. The molecule has 8 heteroatoms. The van der Waals surface area contributed by atoms with Gasteiger partial charge in [-0.25, -0.2) is 4.98 Å². The number of nitriles is 1. The first-order chi connectivity index (χ1) is 12.5. The maximum Gasteiger partial charge on any atom is 0.423 e. The molecule has 1 N–H and O–H groups in total. The maximum absolute atomic E-state index is 13.2. The molecule has 1 aromatic heterocycles. The molecule has 26 heavy (non-hydrogen) atoms. The molecule has 0 spiro atoms. The molecule has 3 rings (SSSR count). The number of nitrogens with zero attached hydrogens (tertiary/aromatic N) is 3. The largest absolute Gasteiger partial charge is 0.438 e. The van der Waals surface area contributed by atoms with Crippen LogP contribution >= 0.6 is 0 Å². The Labute approximate surface area is 146 Å². The lowest BCUT2D eigenvalue weighted by Gasteiger charge is -2.14. The van der Waals surface area contributed by atoms with Gasteiger partial charge in [0, 0.05) is 11.9 Å². The monoisotopic (exact) mass is 356 g/mol. The number of para-hydroxylation sites is 1. The van der Waals surface area contributed by atoms with Crippen LogP contribution < -0.4 is 10.1 Å². The maximum atomic E-state index is 13.2. The van der Waals surface area contributed by atoms with E-state index in [2.05, 4.69) is 15.3 Å². The van der Waals surface area contributed by atoms with Crippen molar-refractivity contribution in [3.05, 3.63) is 71.9 Å². The van der Waals surface area contributed by atoms with Crippen molar-refractivity contribution in [1.82, 2.24) is 9.97 Å². The summed E-state index contributed by atoms with van der Waals surface area (Å²) in [5.74, 6) is -0.481. The number of hydrogen-bond donors (Lipinski definition) is 1. The van der Waals surface area contributed by atoms with Gasteiger partial charge in [0.05, 0.1) is 11.6 Å². The minimum Gasteiger partial charge on any atom is -0.438 e. The van der Waals surface area contributed by atoms with Crippen molar-refractivity contribution in [2.75, 3.05) is 5.32 Å². The topological polar surface area (TPSA) is 70.8 Å². The molecular weight excluding hydrogens is 345 g/mol. The Bertz CT molecular complexity index is 953. The van der Waals surface area contributed by atoms with Crippen LogP contribution in [0.2, 0.25) is 0 Å². The molecule has 1 heterocycles. The molecule has 0 aliphatic heterocycles. The van der Waals surface area contributed by atoms with Crippen LogP contribution in [0.3, 0.4) is 0 Å². The van der Waals surface area contributed by atoms with E-state index in [1.54, 1.807) is 36.4 Å². The summed E-state index contributed by atoms with van der Waals surface area (Å²) < 4.78 is 44.9. The number of nitrogens with one attached hydrogen (secondary N) is 1. The molecule has 0 saturated heterocycles. The molecule has 0 aliphatic rings. The number of aromatic nitrogens is 2. The third kappa shape index (κ3) is 4.08. The number of rotatable bonds is 4. The quantitative estimate of drug-likeness (QED) is 0.720. The summed E-state index contributed by atoms with van der Waals surface area (Å²) in [6, 6.07) is 16.4. The molecule has 0 atom stereocenters. The van der Waals surface area contributed by atoms with Crippen molar-refractivity contribution in [2.24, 2.45) is 0 Å². The normalized spacial score (nSPS) is 10.8. The summed E-state index contributed by atoms with van der Waals surface area (Å²) in [6.07, 6.45) is -4.01. The predicted octanol–water partition coefficient (Wildman–Crippen LogP) is 4.90. The Morgan fingerprint density at radius 2 is 1.81 bits per heavy atom. The van der Waals surface area contributed by atoms with Gasteiger partial charge in [0.15, 0.2) is 0 Å². The van der Waals surface area contributed by atoms with Gasteiger partial charge in [-0.2, -0.15) is 23.4 Å². The van der Waals surface area contributed by atoms with Crippen LogP contribution in [-0.4, -0.2) is 9.97 Å². The molecule has 3 aromatic rings. The van der Waals surface area contributed by atoms with E-state index < -0.39 is 17.6 Å². The summed E-state index contributed by atoms with van der Waals surface area (Å²) in [7, 11) is 0. The highest BCUT2D eigenvalue weighted by molar-refractivity contribution is 5.56. The predicted molar refractivity (Wildman–Crippen MR) is 88.0 cm³/mol. The molecule has 0 aliphatic carbocycles. The van der Waals surface area contributed by atoms with Gasteiger partial charge in [0.1, 0.15) is 11.3 Å². The summed E-state index contributed by atoms with van der Waals surface area (Å²) in [5.41, 5.74) is -0.227. The molecule has 130 valence electrons. The fraction of sp³-hybridized carbons (Fsp3) is 0.0556. The number of alkyl halides is 3. The lowest BCUT2D eigenvalue weighted by molar-refractivity contribution is -0.139. The molecule has 0 saturated carbocycles. The van der Waals surface area contributed by atoms with Gasteiger partial charge < -0.3 is 10.1 Å². The van der Waals surface area contributed by atoms with Crippen molar-refractivity contribution in [3.8, 4) is 17.7 Å². The second-order valence-electron chi connectivity index (χ2n) is 5.14. The van der Waals surface area contributed by atoms with Crippen LogP contribution in [0.5, 0.6) is 11.6 Å². The minimum absolute atomic E-state index is 0.0842. The number of hydrogen-bond acceptors (Lipinski definition) is 5. The molecular formula is C18H11F3N4O. The van der Waals surface area contributed by atoms with Crippen LogP contribution in [-0.2, 0) is 6.18 Å². The zero-order valence-electron chi connectivity index (χ0n) is 13.2. The van der Waals surface area contributed by atoms with Gasteiger partial charge in [-0.05, 0) is 30.3 Å². The summed E-state index contributed by atoms with van der Waals surface area (Å²) in [6.45, 7) is 0. The molecule has 2 aromatic carbocycles. The number of halogens is 3. The van der Waals surface area contributed by atoms with E-state index in [0.29, 0.717) is 17.4 Å². The first-order valence-electron chi connectivity index (χ1n) is 7.40. The van der Waals surface area contributed by atoms with E-state index in [1.165, 1.54) is 18.2 Å². The van der Waals surface area contributed by atoms with Gasteiger partial charge >= 0.3 is 6.18 Å². The summed E-state index contributed by atoms with van der Waals surface area (Å²) in [4.78, 5) is 7.53. The number of benzene rings is 2. The van der Waals surface area contributed by atoms with Gasteiger partial charge in [0.2, 0.25) is 11.8 Å². The van der Waals surface area contributed by atoms with E-state index in [9.17, 15) is 13.2 Å². The molecule has 0 radical (unpaired) electrons. The lowest BCUT2D eigenvalue weighted by Crippen LogP contribution is -2.11. The van der Waals surface area contributed by atoms with Crippen LogP contribution in [0, 0.1) is 11.3 Å². The molecule has 0 unspecified atom stereocenters. The zero-order chi connectivity index (χ0) is 18.6. The Morgan fingerprint density at radius 1 is 1.04 bits per heavy atom. The first kappa shape index (κ1) is 17.2. The second-order valence-corrected chi connectivity index (χ2v) is 5.14. The molecule has 0 amide bonds. The van der Waals surface area contributed by atoms with Gasteiger partial charge in [-0.1, -0.05) is 24.3 Å². The highest BCUT2D eigenvalue weighted by Gasteiger charge is 2.36. The first-order valence-corrected chi connectivity index (χ1v) is 7.40. The Balaban J connectivity index is 1.95. The average molecular weight is 356 g/mol. The third-order valence-electron chi connectivity index (χ3n) is 3.26. The van der Waals surface area contributed by atoms with E-state index in [4.69, 9.17) is 10.00 Å². The Hall–Kier alpha value is -3.60. The van der Waals surface area contributed by atoms with Crippen LogP contribution in [0.1, 0.15) is 11.1 Å². The van der Waals surface area contributed by atoms with E-state index in [0.717, 1.165) is 0 Å². The van der Waals surface area contributed by atoms with Crippen molar-refractivity contribution >= 4 is 11.6 Å². The van der Waals surface area contributed by atoms with Crippen molar-refractivity contribution < 1.29 is 17.9 Å². The van der Waals surface area contributed by atoms with Gasteiger partial charge in [-0.15, -0.1) is 0 Å². The second kappa shape index (κ2) is 7.11. The molecule has 0 bridgehead atoms. The minimum atomic E-state index is -4.66. The summed E-state index contributed by atoms with van der Waals surface area (Å²) >= 11 is 0. The van der Waals surface area contributed by atoms with Gasteiger partial charge in [-0.3, -0.25) is 0 Å². The van der Waals surface area contributed by atoms with Crippen molar-refractivity contribution in [3.63, 3.8) is 0 Å². The van der Waals surface area contributed by atoms with Crippen LogP contribution in [0.15, 0.2) is 60.8 Å². The molecule has 0 fully saturated rings.